The molecule has 0 saturated carbocycles. The number of aliphatic imine (C=N–C) groups is 1. The largest absolute Gasteiger partial charge is 0.356 e. The molecule has 0 aliphatic rings. The lowest BCUT2D eigenvalue weighted by atomic mass is 10.3. The van der Waals surface area contributed by atoms with Gasteiger partial charge in [-0.15, -0.1) is 35.7 Å². The number of halogens is 1. The molecule has 0 aromatic heterocycles. The number of rotatable bonds is 9. The molecule has 21 heavy (non-hydrogen) atoms. The fourth-order valence-electron chi connectivity index (χ4n) is 1.65. The Morgan fingerprint density at radius 2 is 1.76 bits per heavy atom. The summed E-state index contributed by atoms with van der Waals surface area (Å²) < 4.78 is 0. The quantitative estimate of drug-likeness (QED) is 0.202. The lowest BCUT2D eigenvalue weighted by molar-refractivity contribution is 0.739. The highest BCUT2D eigenvalue weighted by Gasteiger charge is 1.97. The van der Waals surface area contributed by atoms with Gasteiger partial charge in [0, 0.05) is 30.8 Å². The molecule has 1 rings (SSSR count). The Hall–Kier alpha value is -0.0800. The lowest BCUT2D eigenvalue weighted by Crippen LogP contribution is -2.38. The highest BCUT2D eigenvalue weighted by Crippen LogP contribution is 2.15. The third-order valence-corrected chi connectivity index (χ3v) is 4.41. The summed E-state index contributed by atoms with van der Waals surface area (Å²) in [5.74, 6) is 3.18. The van der Waals surface area contributed by atoms with Crippen molar-refractivity contribution in [1.82, 2.24) is 10.6 Å². The van der Waals surface area contributed by atoms with Gasteiger partial charge in [0.15, 0.2) is 5.96 Å². The van der Waals surface area contributed by atoms with Gasteiger partial charge in [0.25, 0.3) is 0 Å². The monoisotopic (exact) mass is 439 g/mol. The van der Waals surface area contributed by atoms with E-state index in [-0.39, 0.29) is 24.0 Å². The first-order valence-electron chi connectivity index (χ1n) is 6.98. The Bertz CT molecular complexity index is 374. The molecule has 1 aromatic carbocycles. The van der Waals surface area contributed by atoms with Gasteiger partial charge in [-0.3, -0.25) is 4.99 Å². The van der Waals surface area contributed by atoms with E-state index in [0.717, 1.165) is 24.8 Å². The van der Waals surface area contributed by atoms with Crippen molar-refractivity contribution in [2.45, 2.75) is 17.7 Å². The second-order valence-electron chi connectivity index (χ2n) is 4.29. The molecule has 0 radical (unpaired) electrons. The molecule has 0 bridgehead atoms. The number of thioether (sulfide) groups is 2. The number of benzene rings is 1. The van der Waals surface area contributed by atoms with E-state index in [1.165, 1.54) is 23.5 Å². The van der Waals surface area contributed by atoms with Gasteiger partial charge in [-0.05, 0) is 37.0 Å². The molecule has 1 aromatic rings. The van der Waals surface area contributed by atoms with Crippen molar-refractivity contribution in [3.8, 4) is 0 Å². The standard InChI is InChI=1S/C15H25N3S2.HI/c1-16-15(17-10-6-7-12-19-2)18-11-13-20-14-8-4-3-5-9-14;/h3-5,8-9H,6-7,10-13H2,1-2H3,(H2,16,17,18);1H. The predicted octanol–water partition coefficient (Wildman–Crippen LogP) is 3.70. The van der Waals surface area contributed by atoms with Crippen molar-refractivity contribution in [1.29, 1.82) is 0 Å². The molecule has 0 aliphatic heterocycles. The summed E-state index contributed by atoms with van der Waals surface area (Å²) in [5.41, 5.74) is 0. The minimum atomic E-state index is 0. The van der Waals surface area contributed by atoms with Crippen LogP contribution in [0.15, 0.2) is 40.2 Å². The average molecular weight is 439 g/mol. The minimum absolute atomic E-state index is 0. The van der Waals surface area contributed by atoms with Gasteiger partial charge in [0.1, 0.15) is 0 Å². The maximum atomic E-state index is 4.23. The van der Waals surface area contributed by atoms with E-state index in [1.54, 1.807) is 0 Å². The number of hydrogen-bond donors (Lipinski definition) is 2. The first kappa shape index (κ1) is 20.9. The van der Waals surface area contributed by atoms with Crippen LogP contribution in [0.4, 0.5) is 0 Å². The lowest BCUT2D eigenvalue weighted by Gasteiger charge is -2.11. The molecular weight excluding hydrogens is 413 g/mol. The van der Waals surface area contributed by atoms with Gasteiger partial charge in [-0.25, -0.2) is 0 Å². The van der Waals surface area contributed by atoms with Gasteiger partial charge in [-0.2, -0.15) is 11.8 Å². The first-order chi connectivity index (χ1) is 9.86. The fourth-order valence-corrected chi connectivity index (χ4v) is 2.94. The van der Waals surface area contributed by atoms with Crippen LogP contribution >= 0.6 is 47.5 Å². The van der Waals surface area contributed by atoms with Crippen LogP contribution in [0, 0.1) is 0 Å². The zero-order chi connectivity index (χ0) is 14.5. The van der Waals surface area contributed by atoms with Crippen molar-refractivity contribution in [2.24, 2.45) is 4.99 Å². The van der Waals surface area contributed by atoms with Crippen LogP contribution in [0.1, 0.15) is 12.8 Å². The van der Waals surface area contributed by atoms with E-state index in [0.29, 0.717) is 0 Å². The number of nitrogens with zero attached hydrogens (tertiary/aromatic N) is 1. The second-order valence-corrected chi connectivity index (χ2v) is 6.44. The molecule has 0 fully saturated rings. The highest BCUT2D eigenvalue weighted by atomic mass is 127. The Labute approximate surface area is 154 Å². The first-order valence-corrected chi connectivity index (χ1v) is 9.36. The Morgan fingerprint density at radius 1 is 1.05 bits per heavy atom. The maximum absolute atomic E-state index is 4.23. The topological polar surface area (TPSA) is 36.4 Å². The number of unbranched alkanes of at least 4 members (excludes halogenated alkanes) is 1. The zero-order valence-electron chi connectivity index (χ0n) is 12.8. The van der Waals surface area contributed by atoms with E-state index in [9.17, 15) is 0 Å². The molecule has 0 heterocycles. The average Bonchev–Trinajstić information content (AvgIpc) is 2.50. The highest BCUT2D eigenvalue weighted by molar-refractivity contribution is 14.0. The number of guanidine groups is 1. The summed E-state index contributed by atoms with van der Waals surface area (Å²) in [7, 11) is 1.82. The molecule has 0 amide bonds. The predicted molar refractivity (Wildman–Crippen MR) is 110 cm³/mol. The third kappa shape index (κ3) is 11.2. The molecule has 3 nitrogen and oxygen atoms in total. The van der Waals surface area contributed by atoms with Crippen molar-refractivity contribution < 1.29 is 0 Å². The summed E-state index contributed by atoms with van der Waals surface area (Å²) in [5, 5.41) is 6.69. The van der Waals surface area contributed by atoms with Crippen molar-refractivity contribution in [3.05, 3.63) is 30.3 Å². The normalized spacial score (nSPS) is 10.9. The summed E-state index contributed by atoms with van der Waals surface area (Å²) >= 11 is 3.76. The van der Waals surface area contributed by atoms with Crippen LogP contribution in [0.25, 0.3) is 0 Å². The molecule has 0 spiro atoms. The van der Waals surface area contributed by atoms with Crippen molar-refractivity contribution in [3.63, 3.8) is 0 Å². The molecule has 6 heteroatoms. The van der Waals surface area contributed by atoms with E-state index in [4.69, 9.17) is 0 Å². The van der Waals surface area contributed by atoms with E-state index >= 15 is 0 Å². The smallest absolute Gasteiger partial charge is 0.191 e. The van der Waals surface area contributed by atoms with Gasteiger partial charge < -0.3 is 10.6 Å². The van der Waals surface area contributed by atoms with Crippen LogP contribution in [-0.4, -0.2) is 43.9 Å². The maximum Gasteiger partial charge on any atom is 0.191 e. The Morgan fingerprint density at radius 3 is 2.43 bits per heavy atom. The summed E-state index contributed by atoms with van der Waals surface area (Å²) in [6.45, 7) is 1.91. The van der Waals surface area contributed by atoms with Crippen LogP contribution < -0.4 is 10.6 Å². The SMILES string of the molecule is CN=C(NCCCCSC)NCCSc1ccccc1.I. The minimum Gasteiger partial charge on any atom is -0.356 e. The summed E-state index contributed by atoms with van der Waals surface area (Å²) in [6.07, 6.45) is 4.60. The van der Waals surface area contributed by atoms with Crippen LogP contribution in [-0.2, 0) is 0 Å². The van der Waals surface area contributed by atoms with E-state index in [2.05, 4.69) is 46.1 Å². The van der Waals surface area contributed by atoms with Crippen LogP contribution in [0.2, 0.25) is 0 Å². The number of hydrogen-bond acceptors (Lipinski definition) is 3. The van der Waals surface area contributed by atoms with Crippen molar-refractivity contribution >= 4 is 53.5 Å². The molecule has 0 aliphatic carbocycles. The van der Waals surface area contributed by atoms with Gasteiger partial charge in [0.05, 0.1) is 0 Å². The van der Waals surface area contributed by atoms with E-state index < -0.39 is 0 Å². The van der Waals surface area contributed by atoms with E-state index in [1.807, 2.05) is 36.6 Å². The molecule has 2 N–H and O–H groups in total. The van der Waals surface area contributed by atoms with Crippen LogP contribution in [0.3, 0.4) is 0 Å². The summed E-state index contributed by atoms with van der Waals surface area (Å²) in [6, 6.07) is 10.5. The molecule has 0 unspecified atom stereocenters. The molecule has 120 valence electrons. The van der Waals surface area contributed by atoms with Gasteiger partial charge in [-0.1, -0.05) is 18.2 Å². The second kappa shape index (κ2) is 14.8. The van der Waals surface area contributed by atoms with Gasteiger partial charge >= 0.3 is 0 Å². The fraction of sp³-hybridized carbons (Fsp3) is 0.533. The Kier molecular flexibility index (Phi) is 14.8. The third-order valence-electron chi connectivity index (χ3n) is 2.70. The molecular formula is C15H26IN3S2. The van der Waals surface area contributed by atoms with Gasteiger partial charge in [0.2, 0.25) is 0 Å². The molecule has 0 atom stereocenters. The van der Waals surface area contributed by atoms with Crippen molar-refractivity contribution in [2.75, 3.05) is 37.9 Å². The zero-order valence-corrected chi connectivity index (χ0v) is 16.8. The van der Waals surface area contributed by atoms with Crippen LogP contribution in [0.5, 0.6) is 0 Å². The number of nitrogens with one attached hydrogen (secondary N) is 2. The molecule has 0 saturated heterocycles. The summed E-state index contributed by atoms with van der Waals surface area (Å²) in [4.78, 5) is 5.54. The Balaban J connectivity index is 0.00000400.